The van der Waals surface area contributed by atoms with Gasteiger partial charge in [-0.2, -0.15) is 5.10 Å². The Morgan fingerprint density at radius 3 is 2.59 bits per heavy atom. The molecule has 1 aliphatic rings. The Balaban J connectivity index is 0.00000300. The highest BCUT2D eigenvalue weighted by Crippen LogP contribution is 2.20. The molecule has 2 atom stereocenters. The summed E-state index contributed by atoms with van der Waals surface area (Å²) in [7, 11) is 1.99. The van der Waals surface area contributed by atoms with Crippen LogP contribution in [-0.2, 0) is 20.1 Å². The van der Waals surface area contributed by atoms with Crippen LogP contribution in [0.2, 0.25) is 0 Å². The number of aryl methyl sites for hydroxylation is 2. The molecule has 160 valence electrons. The first-order valence-corrected chi connectivity index (χ1v) is 10.3. The van der Waals surface area contributed by atoms with E-state index in [4.69, 9.17) is 4.99 Å². The molecule has 1 aromatic carbocycles. The number of hydrogen-bond donors (Lipinski definition) is 2. The third-order valence-corrected chi connectivity index (χ3v) is 5.67. The van der Waals surface area contributed by atoms with Crippen molar-refractivity contribution in [2.24, 2.45) is 12.0 Å². The average molecular weight is 510 g/mol. The van der Waals surface area contributed by atoms with Gasteiger partial charge in [-0.25, -0.2) is 4.99 Å². The molecule has 2 unspecified atom stereocenters. The lowest BCUT2D eigenvalue weighted by atomic mass is 10.2. The van der Waals surface area contributed by atoms with Gasteiger partial charge in [0.25, 0.3) is 0 Å². The van der Waals surface area contributed by atoms with E-state index in [2.05, 4.69) is 78.7 Å². The minimum absolute atomic E-state index is 0. The summed E-state index contributed by atoms with van der Waals surface area (Å²) in [6.45, 7) is 12.1. The molecule has 1 aliphatic heterocycles. The van der Waals surface area contributed by atoms with E-state index in [0.29, 0.717) is 18.6 Å². The molecule has 29 heavy (non-hydrogen) atoms. The van der Waals surface area contributed by atoms with Crippen molar-refractivity contribution >= 4 is 29.9 Å². The highest BCUT2D eigenvalue weighted by atomic mass is 127. The van der Waals surface area contributed by atoms with Crippen LogP contribution in [0, 0.1) is 13.8 Å². The maximum absolute atomic E-state index is 4.84. The predicted molar refractivity (Wildman–Crippen MR) is 131 cm³/mol. The Morgan fingerprint density at radius 2 is 1.97 bits per heavy atom. The standard InChI is InChI=1S/C22H34N6.HI/c1-6-23-22(24-13-21-17(3)26-27(5)18(21)4)25-20-12-16(2)28(15-20)14-19-10-8-7-9-11-19;/h7-11,16,20H,6,12-15H2,1-5H3,(H2,23,24,25);1H. The van der Waals surface area contributed by atoms with Gasteiger partial charge < -0.3 is 10.6 Å². The number of hydrogen-bond acceptors (Lipinski definition) is 3. The monoisotopic (exact) mass is 510 g/mol. The van der Waals surface area contributed by atoms with Gasteiger partial charge in [-0.05, 0) is 39.7 Å². The van der Waals surface area contributed by atoms with Crippen molar-refractivity contribution < 1.29 is 0 Å². The summed E-state index contributed by atoms with van der Waals surface area (Å²) in [5.41, 5.74) is 4.83. The summed E-state index contributed by atoms with van der Waals surface area (Å²) >= 11 is 0. The Morgan fingerprint density at radius 1 is 1.24 bits per heavy atom. The highest BCUT2D eigenvalue weighted by molar-refractivity contribution is 14.0. The normalized spacial score (nSPS) is 19.8. The number of guanidine groups is 1. The van der Waals surface area contributed by atoms with E-state index in [1.54, 1.807) is 0 Å². The fraction of sp³-hybridized carbons (Fsp3) is 0.545. The second-order valence-electron chi connectivity index (χ2n) is 7.81. The Hall–Kier alpha value is -1.61. The molecule has 0 spiro atoms. The Kier molecular flexibility index (Phi) is 8.95. The molecular weight excluding hydrogens is 475 g/mol. The highest BCUT2D eigenvalue weighted by Gasteiger charge is 2.29. The van der Waals surface area contributed by atoms with Gasteiger partial charge in [0, 0.05) is 50.0 Å². The molecule has 2 heterocycles. The lowest BCUT2D eigenvalue weighted by Gasteiger charge is -2.21. The molecule has 7 heteroatoms. The van der Waals surface area contributed by atoms with Gasteiger partial charge in [0.1, 0.15) is 0 Å². The SMILES string of the molecule is CCNC(=NCc1c(C)nn(C)c1C)NC1CC(C)N(Cc2ccccc2)C1.I. The van der Waals surface area contributed by atoms with Crippen molar-refractivity contribution in [3.63, 3.8) is 0 Å². The fourth-order valence-corrected chi connectivity index (χ4v) is 3.96. The molecule has 0 radical (unpaired) electrons. The van der Waals surface area contributed by atoms with Gasteiger partial charge >= 0.3 is 0 Å². The minimum atomic E-state index is 0. The maximum Gasteiger partial charge on any atom is 0.191 e. The number of nitrogens with zero attached hydrogens (tertiary/aromatic N) is 4. The van der Waals surface area contributed by atoms with Crippen molar-refractivity contribution in [3.8, 4) is 0 Å². The first kappa shape index (κ1) is 23.7. The van der Waals surface area contributed by atoms with Crippen molar-refractivity contribution in [2.75, 3.05) is 13.1 Å². The van der Waals surface area contributed by atoms with E-state index < -0.39 is 0 Å². The van der Waals surface area contributed by atoms with Crippen LogP contribution in [0.25, 0.3) is 0 Å². The third-order valence-electron chi connectivity index (χ3n) is 5.67. The van der Waals surface area contributed by atoms with Gasteiger partial charge in [-0.15, -0.1) is 24.0 Å². The second-order valence-corrected chi connectivity index (χ2v) is 7.81. The smallest absolute Gasteiger partial charge is 0.191 e. The number of aliphatic imine (C=N–C) groups is 1. The van der Waals surface area contributed by atoms with Gasteiger partial charge in [0.2, 0.25) is 0 Å². The van der Waals surface area contributed by atoms with E-state index in [9.17, 15) is 0 Å². The quantitative estimate of drug-likeness (QED) is 0.356. The second kappa shape index (κ2) is 11.0. The lowest BCUT2D eigenvalue weighted by Crippen LogP contribution is -2.44. The summed E-state index contributed by atoms with van der Waals surface area (Å²) in [5, 5.41) is 11.5. The van der Waals surface area contributed by atoms with Crippen molar-refractivity contribution in [3.05, 3.63) is 52.8 Å². The summed E-state index contributed by atoms with van der Waals surface area (Å²) in [4.78, 5) is 7.39. The summed E-state index contributed by atoms with van der Waals surface area (Å²) in [5.74, 6) is 0.893. The molecule has 2 N–H and O–H groups in total. The molecule has 0 amide bonds. The van der Waals surface area contributed by atoms with Crippen LogP contribution in [-0.4, -0.2) is 45.8 Å². The third kappa shape index (κ3) is 6.18. The lowest BCUT2D eigenvalue weighted by molar-refractivity contribution is 0.258. The van der Waals surface area contributed by atoms with Crippen LogP contribution >= 0.6 is 24.0 Å². The maximum atomic E-state index is 4.84. The number of rotatable bonds is 6. The fourth-order valence-electron chi connectivity index (χ4n) is 3.96. The van der Waals surface area contributed by atoms with E-state index in [1.165, 1.54) is 16.8 Å². The number of likely N-dealkylation sites (tertiary alicyclic amines) is 1. The molecule has 1 aromatic heterocycles. The first-order chi connectivity index (χ1) is 13.5. The number of nitrogens with one attached hydrogen (secondary N) is 2. The summed E-state index contributed by atoms with van der Waals surface area (Å²) in [6, 6.07) is 11.7. The molecule has 0 bridgehead atoms. The zero-order chi connectivity index (χ0) is 20.1. The van der Waals surface area contributed by atoms with Crippen LogP contribution in [0.3, 0.4) is 0 Å². The molecule has 3 rings (SSSR count). The number of benzene rings is 1. The predicted octanol–water partition coefficient (Wildman–Crippen LogP) is 3.37. The Labute approximate surface area is 192 Å². The largest absolute Gasteiger partial charge is 0.357 e. The van der Waals surface area contributed by atoms with E-state index in [1.807, 2.05) is 11.7 Å². The van der Waals surface area contributed by atoms with E-state index >= 15 is 0 Å². The molecule has 0 saturated carbocycles. The first-order valence-electron chi connectivity index (χ1n) is 10.3. The molecule has 2 aromatic rings. The van der Waals surface area contributed by atoms with Gasteiger partial charge in [-0.1, -0.05) is 30.3 Å². The van der Waals surface area contributed by atoms with Crippen LogP contribution < -0.4 is 10.6 Å². The van der Waals surface area contributed by atoms with Crippen LogP contribution in [0.1, 0.15) is 42.8 Å². The molecule has 1 saturated heterocycles. The zero-order valence-corrected chi connectivity index (χ0v) is 20.6. The summed E-state index contributed by atoms with van der Waals surface area (Å²) < 4.78 is 1.93. The van der Waals surface area contributed by atoms with Crippen LogP contribution in [0.5, 0.6) is 0 Å². The number of aromatic nitrogens is 2. The summed E-state index contributed by atoms with van der Waals surface area (Å²) in [6.07, 6.45) is 1.13. The molecule has 1 fully saturated rings. The van der Waals surface area contributed by atoms with E-state index in [-0.39, 0.29) is 24.0 Å². The van der Waals surface area contributed by atoms with Crippen LogP contribution in [0.15, 0.2) is 35.3 Å². The topological polar surface area (TPSA) is 57.5 Å². The minimum Gasteiger partial charge on any atom is -0.357 e. The zero-order valence-electron chi connectivity index (χ0n) is 18.3. The van der Waals surface area contributed by atoms with E-state index in [0.717, 1.165) is 37.7 Å². The molecule has 6 nitrogen and oxygen atoms in total. The average Bonchev–Trinajstić information content (AvgIpc) is 3.12. The Bertz CT molecular complexity index is 801. The van der Waals surface area contributed by atoms with Crippen molar-refractivity contribution in [1.29, 1.82) is 0 Å². The van der Waals surface area contributed by atoms with Gasteiger partial charge in [0.15, 0.2) is 5.96 Å². The van der Waals surface area contributed by atoms with Gasteiger partial charge in [0.05, 0.1) is 12.2 Å². The van der Waals surface area contributed by atoms with Crippen molar-refractivity contribution in [2.45, 2.75) is 59.3 Å². The molecule has 0 aliphatic carbocycles. The van der Waals surface area contributed by atoms with Crippen molar-refractivity contribution in [1.82, 2.24) is 25.3 Å². The number of halogens is 1. The van der Waals surface area contributed by atoms with Gasteiger partial charge in [-0.3, -0.25) is 9.58 Å². The molecular formula is C22H35IN6. The van der Waals surface area contributed by atoms with Crippen LogP contribution in [0.4, 0.5) is 0 Å².